The summed E-state index contributed by atoms with van der Waals surface area (Å²) in [7, 11) is 0. The number of carbonyl (C=O) groups is 8. The minimum Gasteiger partial charge on any atom is -0.480 e. The van der Waals surface area contributed by atoms with Gasteiger partial charge in [-0.3, -0.25) is 38.5 Å². The second-order valence-electron chi connectivity index (χ2n) is 10.7. The zero-order valence-corrected chi connectivity index (χ0v) is 25.3. The van der Waals surface area contributed by atoms with Crippen LogP contribution >= 0.6 is 0 Å². The van der Waals surface area contributed by atoms with Gasteiger partial charge < -0.3 is 31.1 Å². The molecule has 0 aromatic carbocycles. The number of nitrogens with zero attached hydrogens (tertiary/aromatic N) is 1. The Morgan fingerprint density at radius 2 is 1.42 bits per heavy atom. The third kappa shape index (κ3) is 13.6. The highest BCUT2D eigenvalue weighted by molar-refractivity contribution is 6.13. The smallest absolute Gasteiger partial charge is 0.326 e. The average Bonchev–Trinajstić information content (AvgIpc) is 3.25. The predicted octanol–water partition coefficient (Wildman–Crippen LogP) is -0.955. The normalized spacial score (nSPS) is 14.8. The van der Waals surface area contributed by atoms with E-state index in [2.05, 4.69) is 21.3 Å². The van der Waals surface area contributed by atoms with Crippen LogP contribution in [0.1, 0.15) is 60.3 Å². The maximum absolute atomic E-state index is 12.7. The molecule has 6 amide bonds. The van der Waals surface area contributed by atoms with Gasteiger partial charge in [-0.05, 0) is 19.3 Å². The minimum atomic E-state index is -1.35. The predicted molar refractivity (Wildman–Crippen MR) is 152 cm³/mol. The second kappa shape index (κ2) is 18.4. The number of amides is 6. The molecule has 0 saturated carbocycles. The van der Waals surface area contributed by atoms with Crippen molar-refractivity contribution in [1.29, 1.82) is 0 Å². The molecule has 1 heterocycles. The van der Waals surface area contributed by atoms with E-state index in [0.29, 0.717) is 0 Å². The molecule has 0 bridgehead atoms. The van der Waals surface area contributed by atoms with Crippen LogP contribution in [0.4, 0.5) is 0 Å². The first-order valence-electron chi connectivity index (χ1n) is 14.2. The van der Waals surface area contributed by atoms with Crippen molar-refractivity contribution in [2.75, 3.05) is 26.3 Å². The van der Waals surface area contributed by atoms with E-state index in [-0.39, 0.29) is 69.6 Å². The van der Waals surface area contributed by atoms with Crippen molar-refractivity contribution >= 4 is 47.2 Å². The van der Waals surface area contributed by atoms with Crippen LogP contribution in [-0.4, -0.2) is 102 Å². The summed E-state index contributed by atoms with van der Waals surface area (Å²) in [5, 5.41) is 19.5. The Morgan fingerprint density at radius 1 is 0.814 bits per heavy atom. The number of Topliss-reactive ketones (excluding diaryl/α,β-unsaturated/α-hetero) is 1. The van der Waals surface area contributed by atoms with Crippen LogP contribution in [-0.2, 0) is 43.1 Å². The van der Waals surface area contributed by atoms with Crippen LogP contribution in [0, 0.1) is 11.8 Å². The third-order valence-electron chi connectivity index (χ3n) is 6.42. The molecule has 15 heteroatoms. The number of hydrogen-bond acceptors (Lipinski definition) is 9. The Bertz CT molecular complexity index is 1070. The summed E-state index contributed by atoms with van der Waals surface area (Å²) in [4.78, 5) is 96.8. The lowest BCUT2D eigenvalue weighted by Gasteiger charge is -2.24. The SMILES string of the molecule is CC(C)C(=O)[C@H](C)NC(=O)[C@@H](NC(=O)CC[C@H](NC(=O)CCOCCNC(=O)CCN1C(=O)C=CC1=O)C(=O)O)C(C)C. The van der Waals surface area contributed by atoms with Gasteiger partial charge in [-0.25, -0.2) is 4.79 Å². The van der Waals surface area contributed by atoms with Gasteiger partial charge in [0.25, 0.3) is 11.8 Å². The first-order chi connectivity index (χ1) is 20.1. The molecular weight excluding hydrogens is 566 g/mol. The molecule has 0 aromatic heterocycles. The Morgan fingerprint density at radius 3 is 1.98 bits per heavy atom. The molecule has 1 rings (SSSR count). The van der Waals surface area contributed by atoms with Gasteiger partial charge >= 0.3 is 5.97 Å². The van der Waals surface area contributed by atoms with Crippen LogP contribution in [0.2, 0.25) is 0 Å². The second-order valence-corrected chi connectivity index (χ2v) is 10.7. The Balaban J connectivity index is 2.36. The van der Waals surface area contributed by atoms with Crippen molar-refractivity contribution in [3.63, 3.8) is 0 Å². The van der Waals surface area contributed by atoms with E-state index < -0.39 is 59.5 Å². The number of nitrogens with one attached hydrogen (secondary N) is 4. The van der Waals surface area contributed by atoms with E-state index in [4.69, 9.17) is 4.74 Å². The first-order valence-corrected chi connectivity index (χ1v) is 14.2. The van der Waals surface area contributed by atoms with Gasteiger partial charge in [-0.15, -0.1) is 0 Å². The molecule has 0 saturated heterocycles. The summed E-state index contributed by atoms with van der Waals surface area (Å²) in [6.45, 7) is 8.52. The van der Waals surface area contributed by atoms with Crippen molar-refractivity contribution in [2.24, 2.45) is 11.8 Å². The van der Waals surface area contributed by atoms with Crippen LogP contribution in [0.15, 0.2) is 12.2 Å². The molecule has 0 unspecified atom stereocenters. The number of carboxylic acid groups (broad SMARTS) is 1. The highest BCUT2D eigenvalue weighted by Crippen LogP contribution is 2.07. The fourth-order valence-electron chi connectivity index (χ4n) is 3.94. The van der Waals surface area contributed by atoms with Crippen molar-refractivity contribution < 1.29 is 48.2 Å². The molecule has 1 aliphatic heterocycles. The number of imide groups is 1. The molecule has 1 aliphatic rings. The summed E-state index contributed by atoms with van der Waals surface area (Å²) < 4.78 is 5.28. The summed E-state index contributed by atoms with van der Waals surface area (Å²) in [5.41, 5.74) is 0. The third-order valence-corrected chi connectivity index (χ3v) is 6.42. The highest BCUT2D eigenvalue weighted by Gasteiger charge is 2.29. The topological polar surface area (TPSA) is 217 Å². The van der Waals surface area contributed by atoms with E-state index in [0.717, 1.165) is 17.1 Å². The number of ketones is 1. The zero-order valence-electron chi connectivity index (χ0n) is 25.3. The summed E-state index contributed by atoms with van der Waals surface area (Å²) >= 11 is 0. The molecule has 0 radical (unpaired) electrons. The van der Waals surface area contributed by atoms with Gasteiger partial charge in [0.2, 0.25) is 23.6 Å². The quantitative estimate of drug-likeness (QED) is 0.0841. The monoisotopic (exact) mass is 609 g/mol. The number of rotatable bonds is 20. The number of ether oxygens (including phenoxy) is 1. The van der Waals surface area contributed by atoms with Crippen molar-refractivity contribution in [2.45, 2.75) is 78.4 Å². The molecule has 43 heavy (non-hydrogen) atoms. The number of aliphatic carboxylic acids is 1. The Labute approximate surface area is 250 Å². The molecular formula is C28H43N5O10. The Kier molecular flexibility index (Phi) is 15.8. The molecule has 0 fully saturated rings. The van der Waals surface area contributed by atoms with Crippen LogP contribution < -0.4 is 21.3 Å². The van der Waals surface area contributed by atoms with Crippen molar-refractivity contribution in [1.82, 2.24) is 26.2 Å². The molecule has 5 N–H and O–H groups in total. The van der Waals surface area contributed by atoms with Crippen LogP contribution in [0.5, 0.6) is 0 Å². The van der Waals surface area contributed by atoms with Gasteiger partial charge in [-0.2, -0.15) is 0 Å². The number of hydrogen-bond donors (Lipinski definition) is 5. The molecule has 240 valence electrons. The van der Waals surface area contributed by atoms with Gasteiger partial charge in [0, 0.05) is 50.4 Å². The lowest BCUT2D eigenvalue weighted by Crippen LogP contribution is -2.53. The van der Waals surface area contributed by atoms with E-state index in [1.165, 1.54) is 0 Å². The van der Waals surface area contributed by atoms with Gasteiger partial charge in [0.05, 0.1) is 19.3 Å². The zero-order chi connectivity index (χ0) is 32.7. The number of carbonyl (C=O) groups excluding carboxylic acids is 7. The molecule has 3 atom stereocenters. The minimum absolute atomic E-state index is 0.0442. The number of carboxylic acids is 1. The largest absolute Gasteiger partial charge is 0.480 e. The van der Waals surface area contributed by atoms with E-state index >= 15 is 0 Å². The van der Waals surface area contributed by atoms with Crippen molar-refractivity contribution in [3.05, 3.63) is 12.2 Å². The molecule has 0 aromatic rings. The highest BCUT2D eigenvalue weighted by atomic mass is 16.5. The molecule has 0 spiro atoms. The molecule has 0 aliphatic carbocycles. The van der Waals surface area contributed by atoms with Crippen molar-refractivity contribution in [3.8, 4) is 0 Å². The Hall–Kier alpha value is -4.14. The van der Waals surface area contributed by atoms with Gasteiger partial charge in [0.15, 0.2) is 5.78 Å². The van der Waals surface area contributed by atoms with Gasteiger partial charge in [-0.1, -0.05) is 27.7 Å². The fraction of sp³-hybridized carbons (Fsp3) is 0.643. The lowest BCUT2D eigenvalue weighted by molar-refractivity contribution is -0.142. The summed E-state index contributed by atoms with van der Waals surface area (Å²) in [6.07, 6.45) is 1.53. The van der Waals surface area contributed by atoms with Crippen LogP contribution in [0.25, 0.3) is 0 Å². The van der Waals surface area contributed by atoms with E-state index in [1.807, 2.05) is 0 Å². The fourth-order valence-corrected chi connectivity index (χ4v) is 3.94. The van der Waals surface area contributed by atoms with E-state index in [1.54, 1.807) is 34.6 Å². The summed E-state index contributed by atoms with van der Waals surface area (Å²) in [6, 6.07) is -3.02. The maximum Gasteiger partial charge on any atom is 0.326 e. The van der Waals surface area contributed by atoms with Crippen LogP contribution in [0.3, 0.4) is 0 Å². The standard InChI is InChI=1S/C28H43N5O10/c1-16(2)25(27(40)30-18(5)26(39)17(3)4)32-21(35)7-6-19(28(41)42)31-22(36)11-14-43-15-12-29-20(34)10-13-33-23(37)8-9-24(33)38/h8-9,16-19,25H,6-7,10-15H2,1-5H3,(H,29,34)(H,30,40)(H,31,36)(H,32,35)(H,41,42)/t18-,19-,25-/m0/s1. The van der Waals surface area contributed by atoms with Gasteiger partial charge in [0.1, 0.15) is 12.1 Å². The lowest BCUT2D eigenvalue weighted by atomic mass is 10.00. The summed E-state index contributed by atoms with van der Waals surface area (Å²) in [5.74, 6) is -5.14. The average molecular weight is 610 g/mol. The first kappa shape index (κ1) is 36.9. The molecule has 15 nitrogen and oxygen atoms in total. The van der Waals surface area contributed by atoms with E-state index in [9.17, 15) is 43.5 Å². The maximum atomic E-state index is 12.7.